The molecule has 0 N–H and O–H groups in total. The average Bonchev–Trinajstić information content (AvgIpc) is 2.75. The fourth-order valence-corrected chi connectivity index (χ4v) is 5.11. The number of alkyl halides is 3. The van der Waals surface area contributed by atoms with Crippen molar-refractivity contribution in [1.82, 2.24) is 0 Å². The van der Waals surface area contributed by atoms with Gasteiger partial charge in [-0.1, -0.05) is 20.8 Å². The Kier molecular flexibility index (Phi) is 4.38. The second-order valence-electron chi connectivity index (χ2n) is 6.14. The summed E-state index contributed by atoms with van der Waals surface area (Å²) in [4.78, 5) is 0. The molecule has 1 heterocycles. The zero-order valence-corrected chi connectivity index (χ0v) is 15.0. The van der Waals surface area contributed by atoms with Crippen molar-refractivity contribution in [2.24, 2.45) is 0 Å². The number of benzene rings is 1. The van der Waals surface area contributed by atoms with E-state index in [0.29, 0.717) is 0 Å². The number of hydrogen-bond acceptors (Lipinski definition) is 6. The van der Waals surface area contributed by atoms with E-state index in [1.807, 2.05) is 0 Å². The highest BCUT2D eigenvalue weighted by molar-refractivity contribution is 7.88. The van der Waals surface area contributed by atoms with E-state index in [2.05, 4.69) is 4.18 Å². The van der Waals surface area contributed by atoms with Crippen LogP contribution in [0, 0.1) is 0 Å². The van der Waals surface area contributed by atoms with Crippen LogP contribution in [0.1, 0.15) is 20.8 Å². The molecule has 1 aromatic rings. The molecule has 24 heavy (non-hydrogen) atoms. The van der Waals surface area contributed by atoms with Crippen LogP contribution in [-0.2, 0) is 14.7 Å². The first-order valence-corrected chi connectivity index (χ1v) is 9.98. The summed E-state index contributed by atoms with van der Waals surface area (Å²) in [7, 11) is -8.07. The van der Waals surface area contributed by atoms with E-state index in [1.165, 1.54) is 13.2 Å². The maximum atomic E-state index is 13.3. The smallest absolute Gasteiger partial charge is 0.496 e. The van der Waals surface area contributed by atoms with Crippen molar-refractivity contribution in [3.8, 4) is 17.2 Å². The van der Waals surface area contributed by atoms with Gasteiger partial charge in [0.15, 0.2) is 12.9 Å². The van der Waals surface area contributed by atoms with E-state index in [4.69, 9.17) is 9.47 Å². The third kappa shape index (κ3) is 2.97. The van der Waals surface area contributed by atoms with Gasteiger partial charge in [-0.25, -0.2) is 0 Å². The lowest BCUT2D eigenvalue weighted by Gasteiger charge is -2.27. The van der Waals surface area contributed by atoms with Gasteiger partial charge < -0.3 is 18.2 Å². The van der Waals surface area contributed by atoms with Gasteiger partial charge in [-0.3, -0.25) is 0 Å². The monoisotopic (exact) mass is 388 g/mol. The Morgan fingerprint density at radius 1 is 1.21 bits per heavy atom. The van der Waals surface area contributed by atoms with E-state index in [1.54, 1.807) is 20.8 Å². The third-order valence-corrected chi connectivity index (χ3v) is 8.37. The van der Waals surface area contributed by atoms with Gasteiger partial charge in [-0.2, -0.15) is 21.6 Å². The molecule has 1 aliphatic heterocycles. The standard InChI is InChI=1S/C13H16F3O6PS/c1-12(2,3)23(17)7-21-9-5-8(20-4)6-10(11(9)23)22-24(18,19)13(14,15)16/h5-6H,7H2,1-4H3. The molecule has 0 amide bonds. The Labute approximate surface area is 137 Å². The fraction of sp³-hybridized carbons (Fsp3) is 0.538. The lowest BCUT2D eigenvalue weighted by molar-refractivity contribution is -0.0499. The predicted molar refractivity (Wildman–Crippen MR) is 81.1 cm³/mol. The Bertz CT molecular complexity index is 810. The van der Waals surface area contributed by atoms with Gasteiger partial charge in [0, 0.05) is 17.3 Å². The molecule has 0 fully saturated rings. The Balaban J connectivity index is 2.70. The third-order valence-electron chi connectivity index (χ3n) is 3.58. The predicted octanol–water partition coefficient (Wildman–Crippen LogP) is 3.06. The summed E-state index contributed by atoms with van der Waals surface area (Å²) in [6.07, 6.45) is -0.262. The quantitative estimate of drug-likeness (QED) is 0.450. The average molecular weight is 388 g/mol. The molecule has 6 nitrogen and oxygen atoms in total. The lowest BCUT2D eigenvalue weighted by Crippen LogP contribution is -2.30. The van der Waals surface area contributed by atoms with Gasteiger partial charge in [-0.15, -0.1) is 0 Å². The van der Waals surface area contributed by atoms with Crippen molar-refractivity contribution < 1.29 is 39.8 Å². The highest BCUT2D eigenvalue weighted by atomic mass is 32.2. The Morgan fingerprint density at radius 3 is 2.25 bits per heavy atom. The maximum Gasteiger partial charge on any atom is 0.534 e. The summed E-state index contributed by atoms with van der Waals surface area (Å²) in [5.74, 6) is -0.694. The van der Waals surface area contributed by atoms with Crippen molar-refractivity contribution in [1.29, 1.82) is 0 Å². The molecule has 0 aliphatic carbocycles. The summed E-state index contributed by atoms with van der Waals surface area (Å²) in [6.45, 7) is 4.87. The molecule has 2 rings (SSSR count). The summed E-state index contributed by atoms with van der Waals surface area (Å²) in [5.41, 5.74) is -5.62. The van der Waals surface area contributed by atoms with Gasteiger partial charge >= 0.3 is 15.6 Å². The highest BCUT2D eigenvalue weighted by Crippen LogP contribution is 2.63. The Hall–Kier alpha value is -1.41. The van der Waals surface area contributed by atoms with Crippen LogP contribution >= 0.6 is 7.14 Å². The van der Waals surface area contributed by atoms with Crippen LogP contribution in [-0.4, -0.2) is 32.5 Å². The van der Waals surface area contributed by atoms with Gasteiger partial charge in [0.05, 0.1) is 7.11 Å². The summed E-state index contributed by atoms with van der Waals surface area (Å²) >= 11 is 0. The second-order valence-corrected chi connectivity index (χ2v) is 11.2. The van der Waals surface area contributed by atoms with E-state index in [0.717, 1.165) is 6.07 Å². The molecule has 1 atom stereocenters. The first-order chi connectivity index (χ1) is 10.7. The number of methoxy groups -OCH3 is 1. The molecular weight excluding hydrogens is 372 g/mol. The number of hydrogen-bond donors (Lipinski definition) is 0. The highest BCUT2D eigenvalue weighted by Gasteiger charge is 2.52. The molecule has 0 bridgehead atoms. The number of ether oxygens (including phenoxy) is 2. The first-order valence-electron chi connectivity index (χ1n) is 6.68. The van der Waals surface area contributed by atoms with Crippen molar-refractivity contribution in [3.63, 3.8) is 0 Å². The SMILES string of the molecule is COc1cc2c(c(OS(=O)(=O)C(F)(F)F)c1)P(=O)(C(C)(C)C)CO2. The Morgan fingerprint density at radius 2 is 1.79 bits per heavy atom. The zero-order valence-electron chi connectivity index (χ0n) is 13.3. The normalized spacial score (nSPS) is 21.1. The van der Waals surface area contributed by atoms with Crippen LogP contribution in [0.4, 0.5) is 13.2 Å². The second kappa shape index (κ2) is 5.56. The van der Waals surface area contributed by atoms with Crippen molar-refractivity contribution >= 4 is 22.6 Å². The number of rotatable bonds is 3. The van der Waals surface area contributed by atoms with Crippen LogP contribution < -0.4 is 19.0 Å². The van der Waals surface area contributed by atoms with E-state index in [-0.39, 0.29) is 23.2 Å². The zero-order chi connectivity index (χ0) is 18.6. The topological polar surface area (TPSA) is 78.9 Å². The van der Waals surface area contributed by atoms with Crippen LogP contribution in [0.5, 0.6) is 17.2 Å². The minimum Gasteiger partial charge on any atom is -0.496 e. The molecule has 136 valence electrons. The van der Waals surface area contributed by atoms with E-state index in [9.17, 15) is 26.2 Å². The van der Waals surface area contributed by atoms with Gasteiger partial charge in [-0.05, 0) is 0 Å². The molecule has 1 unspecified atom stereocenters. The van der Waals surface area contributed by atoms with Crippen LogP contribution in [0.15, 0.2) is 12.1 Å². The van der Waals surface area contributed by atoms with Crippen molar-refractivity contribution in [2.75, 3.05) is 13.5 Å². The molecule has 0 saturated carbocycles. The van der Waals surface area contributed by atoms with Gasteiger partial charge in [0.25, 0.3) is 0 Å². The van der Waals surface area contributed by atoms with Crippen LogP contribution in [0.3, 0.4) is 0 Å². The fourth-order valence-electron chi connectivity index (χ4n) is 2.13. The number of fused-ring (bicyclic) bond motifs is 1. The molecular formula is C13H16F3O6PS. The summed E-state index contributed by atoms with van der Waals surface area (Å²) < 4.78 is 88.4. The lowest BCUT2D eigenvalue weighted by atomic mass is 10.2. The van der Waals surface area contributed by atoms with Gasteiger partial charge in [0.1, 0.15) is 23.2 Å². The number of halogens is 3. The van der Waals surface area contributed by atoms with Crippen LogP contribution in [0.2, 0.25) is 0 Å². The van der Waals surface area contributed by atoms with E-state index < -0.39 is 33.7 Å². The molecule has 0 spiro atoms. The molecule has 0 saturated heterocycles. The molecule has 1 aliphatic rings. The molecule has 11 heteroatoms. The van der Waals surface area contributed by atoms with Crippen molar-refractivity contribution in [2.45, 2.75) is 31.4 Å². The minimum atomic E-state index is -5.93. The minimum absolute atomic E-state index is 0.0139. The van der Waals surface area contributed by atoms with Crippen molar-refractivity contribution in [3.05, 3.63) is 12.1 Å². The summed E-state index contributed by atoms with van der Waals surface area (Å²) in [5, 5.41) is -1.03. The van der Waals surface area contributed by atoms with E-state index >= 15 is 0 Å². The molecule has 1 aromatic carbocycles. The molecule has 0 radical (unpaired) electrons. The largest absolute Gasteiger partial charge is 0.534 e. The molecule has 0 aromatic heterocycles. The van der Waals surface area contributed by atoms with Crippen LogP contribution in [0.25, 0.3) is 0 Å². The maximum absolute atomic E-state index is 13.3. The first kappa shape index (κ1) is 18.9. The summed E-state index contributed by atoms with van der Waals surface area (Å²) in [6, 6.07) is 2.28. The van der Waals surface area contributed by atoms with Gasteiger partial charge in [0.2, 0.25) is 0 Å².